The second kappa shape index (κ2) is 7.45. The van der Waals surface area contributed by atoms with E-state index >= 15 is 0 Å². The fraction of sp³-hybridized carbons (Fsp3) is 0.615. The maximum atomic E-state index is 11.9. The number of amides is 1. The molecule has 0 aliphatic rings. The number of hydrogen-bond donors (Lipinski definition) is 2. The fourth-order valence-electron chi connectivity index (χ4n) is 1.78. The molecule has 1 rings (SSSR count). The molecule has 3 nitrogen and oxygen atoms in total. The molecule has 4 heteroatoms. The van der Waals surface area contributed by atoms with Crippen molar-refractivity contribution in [1.29, 1.82) is 0 Å². The summed E-state index contributed by atoms with van der Waals surface area (Å²) >= 11 is 1.68. The normalized spacial score (nSPS) is 14.3. The number of rotatable bonds is 7. The van der Waals surface area contributed by atoms with Crippen LogP contribution in [-0.2, 0) is 4.79 Å². The Morgan fingerprint density at radius 3 is 2.65 bits per heavy atom. The molecule has 1 amide bonds. The molecular weight excluding hydrogens is 232 g/mol. The molecule has 96 valence electrons. The number of carbonyl (C=O) groups is 1. The van der Waals surface area contributed by atoms with Crippen molar-refractivity contribution in [3.63, 3.8) is 0 Å². The maximum absolute atomic E-state index is 11.9. The van der Waals surface area contributed by atoms with Gasteiger partial charge in [-0.05, 0) is 24.3 Å². The Hall–Kier alpha value is -0.870. The first kappa shape index (κ1) is 14.2. The topological polar surface area (TPSA) is 55.1 Å². The molecule has 0 radical (unpaired) electrons. The van der Waals surface area contributed by atoms with Gasteiger partial charge >= 0.3 is 0 Å². The van der Waals surface area contributed by atoms with Crippen molar-refractivity contribution in [2.24, 2.45) is 5.73 Å². The fourth-order valence-corrected chi connectivity index (χ4v) is 2.60. The number of nitrogens with two attached hydrogens (primary N) is 1. The lowest BCUT2D eigenvalue weighted by Crippen LogP contribution is -2.42. The van der Waals surface area contributed by atoms with Crippen LogP contribution < -0.4 is 11.1 Å². The highest BCUT2D eigenvalue weighted by Gasteiger charge is 2.18. The van der Waals surface area contributed by atoms with E-state index in [1.165, 1.54) is 4.88 Å². The summed E-state index contributed by atoms with van der Waals surface area (Å²) < 4.78 is 0. The van der Waals surface area contributed by atoms with Gasteiger partial charge < -0.3 is 11.1 Å². The molecule has 0 aliphatic carbocycles. The first-order valence-corrected chi connectivity index (χ1v) is 7.16. The molecule has 2 atom stereocenters. The molecule has 0 aliphatic heterocycles. The van der Waals surface area contributed by atoms with E-state index in [9.17, 15) is 4.79 Å². The van der Waals surface area contributed by atoms with Crippen molar-refractivity contribution in [3.8, 4) is 0 Å². The van der Waals surface area contributed by atoms with E-state index in [0.29, 0.717) is 0 Å². The Morgan fingerprint density at radius 1 is 1.41 bits per heavy atom. The Morgan fingerprint density at radius 2 is 2.12 bits per heavy atom. The quantitative estimate of drug-likeness (QED) is 0.786. The third-order valence-corrected chi connectivity index (χ3v) is 3.70. The summed E-state index contributed by atoms with van der Waals surface area (Å²) in [6, 6.07) is 3.83. The van der Waals surface area contributed by atoms with Gasteiger partial charge in [0.25, 0.3) is 0 Å². The summed E-state index contributed by atoms with van der Waals surface area (Å²) in [5.74, 6) is -0.0290. The summed E-state index contributed by atoms with van der Waals surface area (Å²) in [6.07, 6.45) is 3.69. The molecule has 0 fully saturated rings. The van der Waals surface area contributed by atoms with Crippen LogP contribution in [0.15, 0.2) is 17.5 Å². The van der Waals surface area contributed by atoms with Crippen molar-refractivity contribution < 1.29 is 4.79 Å². The van der Waals surface area contributed by atoms with Gasteiger partial charge in [0.1, 0.15) is 0 Å². The van der Waals surface area contributed by atoms with E-state index in [-0.39, 0.29) is 18.0 Å². The molecule has 0 saturated heterocycles. The van der Waals surface area contributed by atoms with E-state index in [2.05, 4.69) is 18.3 Å². The smallest absolute Gasteiger partial charge is 0.237 e. The Labute approximate surface area is 107 Å². The summed E-state index contributed by atoms with van der Waals surface area (Å²) in [6.45, 7) is 4.16. The zero-order valence-electron chi connectivity index (χ0n) is 10.6. The lowest BCUT2D eigenvalue weighted by atomic mass is 10.1. The van der Waals surface area contributed by atoms with Crippen molar-refractivity contribution in [2.75, 3.05) is 0 Å². The van der Waals surface area contributed by atoms with Gasteiger partial charge in [-0.1, -0.05) is 32.8 Å². The molecule has 0 saturated carbocycles. The van der Waals surface area contributed by atoms with Gasteiger partial charge in [0.15, 0.2) is 0 Å². The highest BCUT2D eigenvalue weighted by molar-refractivity contribution is 7.10. The van der Waals surface area contributed by atoms with Crippen molar-refractivity contribution in [1.82, 2.24) is 5.32 Å². The highest BCUT2D eigenvalue weighted by Crippen LogP contribution is 2.23. The van der Waals surface area contributed by atoms with E-state index in [1.807, 2.05) is 18.4 Å². The maximum Gasteiger partial charge on any atom is 0.237 e. The minimum Gasteiger partial charge on any atom is -0.347 e. The SMILES string of the molecule is CCCC(NC(=O)[C@H](N)CCC)c1cccs1. The van der Waals surface area contributed by atoms with E-state index in [0.717, 1.165) is 25.7 Å². The number of nitrogens with one attached hydrogen (secondary N) is 1. The number of hydrogen-bond acceptors (Lipinski definition) is 3. The predicted octanol–water partition coefficient (Wildman–Crippen LogP) is 2.83. The third-order valence-electron chi connectivity index (χ3n) is 2.72. The Balaban J connectivity index is 2.58. The highest BCUT2D eigenvalue weighted by atomic mass is 32.1. The Bertz CT molecular complexity index is 324. The van der Waals surface area contributed by atoms with Crippen LogP contribution in [0.3, 0.4) is 0 Å². The van der Waals surface area contributed by atoms with Crippen molar-refractivity contribution in [3.05, 3.63) is 22.4 Å². The van der Waals surface area contributed by atoms with Crippen molar-refractivity contribution >= 4 is 17.2 Å². The molecule has 1 heterocycles. The van der Waals surface area contributed by atoms with Crippen LogP contribution in [0.1, 0.15) is 50.4 Å². The zero-order chi connectivity index (χ0) is 12.7. The lowest BCUT2D eigenvalue weighted by Gasteiger charge is -2.19. The molecule has 3 N–H and O–H groups in total. The number of thiophene rings is 1. The molecule has 0 aromatic carbocycles. The van der Waals surface area contributed by atoms with Gasteiger partial charge in [-0.2, -0.15) is 0 Å². The molecule has 1 aromatic heterocycles. The lowest BCUT2D eigenvalue weighted by molar-refractivity contribution is -0.123. The second-order valence-corrected chi connectivity index (χ2v) is 5.24. The zero-order valence-corrected chi connectivity index (χ0v) is 11.4. The standard InChI is InChI=1S/C13H22N2OS/c1-3-6-10(14)13(16)15-11(7-4-2)12-8-5-9-17-12/h5,8-11H,3-4,6-7,14H2,1-2H3,(H,15,16)/t10-,11?/m1/s1. The van der Waals surface area contributed by atoms with Crippen LogP contribution in [0.4, 0.5) is 0 Å². The van der Waals surface area contributed by atoms with Crippen LogP contribution in [0.2, 0.25) is 0 Å². The van der Waals surface area contributed by atoms with Gasteiger partial charge in [-0.25, -0.2) is 0 Å². The van der Waals surface area contributed by atoms with E-state index in [4.69, 9.17) is 5.73 Å². The van der Waals surface area contributed by atoms with Gasteiger partial charge in [-0.3, -0.25) is 4.79 Å². The van der Waals surface area contributed by atoms with Crippen LogP contribution >= 0.6 is 11.3 Å². The van der Waals surface area contributed by atoms with Crippen LogP contribution in [0.25, 0.3) is 0 Å². The molecule has 1 aromatic rings. The van der Waals surface area contributed by atoms with E-state index < -0.39 is 0 Å². The molecule has 0 bridgehead atoms. The van der Waals surface area contributed by atoms with Gasteiger partial charge in [-0.15, -0.1) is 11.3 Å². The average molecular weight is 254 g/mol. The summed E-state index contributed by atoms with van der Waals surface area (Å²) in [4.78, 5) is 13.1. The monoisotopic (exact) mass is 254 g/mol. The minimum atomic E-state index is -0.376. The molecular formula is C13H22N2OS. The second-order valence-electron chi connectivity index (χ2n) is 4.26. The summed E-state index contributed by atoms with van der Waals surface area (Å²) in [7, 11) is 0. The van der Waals surface area contributed by atoms with Crippen LogP contribution in [0.5, 0.6) is 0 Å². The summed E-state index contributed by atoms with van der Waals surface area (Å²) in [5, 5.41) is 5.09. The van der Waals surface area contributed by atoms with Gasteiger partial charge in [0, 0.05) is 4.88 Å². The number of carbonyl (C=O) groups excluding carboxylic acids is 1. The minimum absolute atomic E-state index is 0.0290. The first-order chi connectivity index (χ1) is 8.19. The third kappa shape index (κ3) is 4.48. The first-order valence-electron chi connectivity index (χ1n) is 6.28. The molecule has 0 spiro atoms. The molecule has 1 unspecified atom stereocenters. The van der Waals surface area contributed by atoms with Crippen LogP contribution in [-0.4, -0.2) is 11.9 Å². The van der Waals surface area contributed by atoms with Crippen molar-refractivity contribution in [2.45, 2.75) is 51.6 Å². The largest absolute Gasteiger partial charge is 0.347 e. The van der Waals surface area contributed by atoms with Crippen LogP contribution in [0, 0.1) is 0 Å². The summed E-state index contributed by atoms with van der Waals surface area (Å²) in [5.41, 5.74) is 5.82. The van der Waals surface area contributed by atoms with E-state index in [1.54, 1.807) is 11.3 Å². The Kier molecular flexibility index (Phi) is 6.22. The molecule has 17 heavy (non-hydrogen) atoms. The average Bonchev–Trinajstić information content (AvgIpc) is 2.82. The van der Waals surface area contributed by atoms with Gasteiger partial charge in [0.05, 0.1) is 12.1 Å². The predicted molar refractivity (Wildman–Crippen MR) is 73.0 cm³/mol. The van der Waals surface area contributed by atoms with Gasteiger partial charge in [0.2, 0.25) is 5.91 Å².